The van der Waals surface area contributed by atoms with E-state index >= 15 is 0 Å². The molecule has 1 aliphatic heterocycles. The van der Waals surface area contributed by atoms with Crippen LogP contribution in [-0.2, 0) is 14.8 Å². The number of morpholine rings is 1. The lowest BCUT2D eigenvalue weighted by Gasteiger charge is -2.26. The van der Waals surface area contributed by atoms with Crippen molar-refractivity contribution in [3.8, 4) is 17.2 Å². The van der Waals surface area contributed by atoms with E-state index in [0.717, 1.165) is 0 Å². The van der Waals surface area contributed by atoms with Crippen molar-refractivity contribution in [2.45, 2.75) is 18.4 Å². The Morgan fingerprint density at radius 2 is 1.91 bits per heavy atom. The molecule has 9 nitrogen and oxygen atoms in total. The summed E-state index contributed by atoms with van der Waals surface area (Å²) in [5.74, 6) is -1.10. The normalized spacial score (nSPS) is 14.7. The Morgan fingerprint density at radius 1 is 1.18 bits per heavy atom. The summed E-state index contributed by atoms with van der Waals surface area (Å²) in [6, 6.07) is 8.16. The van der Waals surface area contributed by atoms with Crippen molar-refractivity contribution in [3.63, 3.8) is 0 Å². The predicted octanol–water partition coefficient (Wildman–Crippen LogP) is 2.97. The molecule has 2 aromatic carbocycles. The number of methoxy groups -OCH3 is 1. The number of carbonyl (C=O) groups excluding carboxylic acids is 1. The second-order valence-electron chi connectivity index (χ2n) is 6.78. The summed E-state index contributed by atoms with van der Waals surface area (Å²) in [6.45, 7) is -0.248. The molecular formula is C21H24F2N2O7S. The van der Waals surface area contributed by atoms with Gasteiger partial charge in [0.1, 0.15) is 5.75 Å². The lowest BCUT2D eigenvalue weighted by atomic mass is 10.1. The van der Waals surface area contributed by atoms with Crippen molar-refractivity contribution in [1.29, 1.82) is 0 Å². The quantitative estimate of drug-likeness (QED) is 0.581. The summed E-state index contributed by atoms with van der Waals surface area (Å²) in [5.41, 5.74) is -0.166. The first-order valence-corrected chi connectivity index (χ1v) is 11.5. The molecule has 1 saturated heterocycles. The maximum absolute atomic E-state index is 13.0. The fourth-order valence-corrected chi connectivity index (χ4v) is 4.68. The monoisotopic (exact) mass is 486 g/mol. The predicted molar refractivity (Wildman–Crippen MR) is 115 cm³/mol. The molecule has 3 rings (SSSR count). The Morgan fingerprint density at radius 3 is 2.55 bits per heavy atom. The molecular weight excluding hydrogens is 462 g/mol. The number of nitrogens with zero attached hydrogens (tertiary/aromatic N) is 1. The van der Waals surface area contributed by atoms with Gasteiger partial charge in [-0.1, -0.05) is 6.07 Å². The van der Waals surface area contributed by atoms with Crippen molar-refractivity contribution in [2.75, 3.05) is 45.3 Å². The number of alkyl halides is 2. The molecule has 0 spiro atoms. The fourth-order valence-electron chi connectivity index (χ4n) is 3.24. The number of benzene rings is 2. The molecule has 1 N–H and O–H groups in total. The summed E-state index contributed by atoms with van der Waals surface area (Å²) in [7, 11) is -2.60. The van der Waals surface area contributed by atoms with Crippen LogP contribution in [0.15, 0.2) is 41.3 Å². The van der Waals surface area contributed by atoms with E-state index in [1.807, 2.05) is 0 Å². The first-order valence-electron chi connectivity index (χ1n) is 10.1. The van der Waals surface area contributed by atoms with Gasteiger partial charge in [-0.05, 0) is 37.3 Å². The van der Waals surface area contributed by atoms with Crippen LogP contribution in [0.2, 0.25) is 0 Å². The summed E-state index contributed by atoms with van der Waals surface area (Å²) in [4.78, 5) is 12.9. The van der Waals surface area contributed by atoms with Gasteiger partial charge in [0.15, 0.2) is 11.5 Å². The number of carbonyl (C=O) groups is 1. The van der Waals surface area contributed by atoms with Crippen LogP contribution in [0.5, 0.6) is 17.2 Å². The highest BCUT2D eigenvalue weighted by atomic mass is 32.2. The summed E-state index contributed by atoms with van der Waals surface area (Å²) in [5, 5.41) is 2.54. The van der Waals surface area contributed by atoms with Gasteiger partial charge in [0, 0.05) is 13.1 Å². The lowest BCUT2D eigenvalue weighted by Crippen LogP contribution is -2.40. The van der Waals surface area contributed by atoms with Gasteiger partial charge in [0.2, 0.25) is 10.0 Å². The highest BCUT2D eigenvalue weighted by molar-refractivity contribution is 7.89. The smallest absolute Gasteiger partial charge is 0.387 e. The minimum Gasteiger partial charge on any atom is -0.493 e. The van der Waals surface area contributed by atoms with E-state index in [1.54, 1.807) is 6.92 Å². The van der Waals surface area contributed by atoms with Crippen molar-refractivity contribution in [2.24, 2.45) is 0 Å². The Bertz CT molecular complexity index is 1090. The van der Waals surface area contributed by atoms with E-state index in [-0.39, 0.29) is 60.6 Å². The zero-order chi connectivity index (χ0) is 24.0. The van der Waals surface area contributed by atoms with Crippen LogP contribution < -0.4 is 19.5 Å². The first-order chi connectivity index (χ1) is 15.8. The number of nitrogens with one attached hydrogen (secondary N) is 1. The van der Waals surface area contributed by atoms with Gasteiger partial charge >= 0.3 is 6.61 Å². The molecule has 0 atom stereocenters. The number of anilines is 1. The van der Waals surface area contributed by atoms with Gasteiger partial charge < -0.3 is 24.3 Å². The Labute approximate surface area is 190 Å². The standard InChI is InChI=1S/C21H24F2N2O7S/c1-3-31-17-8-7-14(33(27,28)25-9-11-30-12-10-25)13-16(17)24-20(26)15-5-4-6-18(29-2)19(15)32-21(22)23/h4-8,13,21H,3,9-12H2,1-2H3,(H,24,26). The number of hydrogen-bond donors (Lipinski definition) is 1. The zero-order valence-corrected chi connectivity index (χ0v) is 18.9. The molecule has 0 aliphatic carbocycles. The van der Waals surface area contributed by atoms with Gasteiger partial charge in [-0.15, -0.1) is 0 Å². The zero-order valence-electron chi connectivity index (χ0n) is 18.0. The van der Waals surface area contributed by atoms with Crippen LogP contribution in [0.4, 0.5) is 14.5 Å². The molecule has 2 aromatic rings. The van der Waals surface area contributed by atoms with Crippen LogP contribution in [0.3, 0.4) is 0 Å². The minimum atomic E-state index is -3.85. The topological polar surface area (TPSA) is 103 Å². The SMILES string of the molecule is CCOc1ccc(S(=O)(=O)N2CCOCC2)cc1NC(=O)c1cccc(OC)c1OC(F)F. The van der Waals surface area contributed by atoms with Gasteiger partial charge in [-0.3, -0.25) is 4.79 Å². The number of ether oxygens (including phenoxy) is 4. The van der Waals surface area contributed by atoms with E-state index in [9.17, 15) is 22.0 Å². The first kappa shape index (κ1) is 24.7. The van der Waals surface area contributed by atoms with Crippen molar-refractivity contribution >= 4 is 21.6 Å². The third-order valence-electron chi connectivity index (χ3n) is 4.76. The minimum absolute atomic E-state index is 0.0574. The molecule has 1 aliphatic rings. The lowest BCUT2D eigenvalue weighted by molar-refractivity contribution is -0.0515. The van der Waals surface area contributed by atoms with E-state index in [1.165, 1.54) is 47.8 Å². The van der Waals surface area contributed by atoms with Crippen molar-refractivity contribution in [3.05, 3.63) is 42.0 Å². The Kier molecular flexibility index (Phi) is 8.06. The molecule has 1 amide bonds. The van der Waals surface area contributed by atoms with Gasteiger partial charge in [-0.25, -0.2) is 8.42 Å². The molecule has 0 unspecified atom stereocenters. The number of halogens is 2. The Hall–Kier alpha value is -2.96. The number of para-hydroxylation sites is 1. The summed E-state index contributed by atoms with van der Waals surface area (Å²) in [6.07, 6.45) is 0. The fraction of sp³-hybridized carbons (Fsp3) is 0.381. The molecule has 1 fully saturated rings. The van der Waals surface area contributed by atoms with E-state index in [2.05, 4.69) is 10.1 Å². The van der Waals surface area contributed by atoms with Crippen LogP contribution in [0.1, 0.15) is 17.3 Å². The molecule has 0 aromatic heterocycles. The number of rotatable bonds is 9. The van der Waals surface area contributed by atoms with Gasteiger partial charge in [-0.2, -0.15) is 13.1 Å². The van der Waals surface area contributed by atoms with Crippen LogP contribution in [0, 0.1) is 0 Å². The maximum Gasteiger partial charge on any atom is 0.387 e. The second-order valence-corrected chi connectivity index (χ2v) is 8.71. The molecule has 0 radical (unpaired) electrons. The highest BCUT2D eigenvalue weighted by Gasteiger charge is 2.28. The van der Waals surface area contributed by atoms with Crippen LogP contribution in [-0.4, -0.2) is 65.3 Å². The molecule has 0 saturated carbocycles. The van der Waals surface area contributed by atoms with E-state index in [0.29, 0.717) is 0 Å². The average Bonchev–Trinajstić information content (AvgIpc) is 2.80. The van der Waals surface area contributed by atoms with E-state index < -0.39 is 28.3 Å². The molecule has 180 valence electrons. The van der Waals surface area contributed by atoms with Crippen molar-refractivity contribution < 1.29 is 40.9 Å². The van der Waals surface area contributed by atoms with E-state index in [4.69, 9.17) is 14.2 Å². The third-order valence-corrected chi connectivity index (χ3v) is 6.65. The second kappa shape index (κ2) is 10.8. The maximum atomic E-state index is 13.0. The molecule has 12 heteroatoms. The molecule has 33 heavy (non-hydrogen) atoms. The summed E-state index contributed by atoms with van der Waals surface area (Å²) >= 11 is 0. The number of hydrogen-bond acceptors (Lipinski definition) is 7. The molecule has 1 heterocycles. The van der Waals surface area contributed by atoms with Gasteiger partial charge in [0.05, 0.1) is 43.1 Å². The average molecular weight is 486 g/mol. The van der Waals surface area contributed by atoms with Crippen LogP contribution in [0.25, 0.3) is 0 Å². The largest absolute Gasteiger partial charge is 0.493 e. The number of amides is 1. The van der Waals surface area contributed by atoms with Crippen molar-refractivity contribution in [1.82, 2.24) is 4.31 Å². The highest BCUT2D eigenvalue weighted by Crippen LogP contribution is 2.35. The van der Waals surface area contributed by atoms with Crippen LogP contribution >= 0.6 is 0 Å². The number of sulfonamides is 1. The third kappa shape index (κ3) is 5.70. The van der Waals surface area contributed by atoms with Gasteiger partial charge in [0.25, 0.3) is 5.91 Å². The Balaban J connectivity index is 1.97. The summed E-state index contributed by atoms with van der Waals surface area (Å²) < 4.78 is 73.4. The molecule has 0 bridgehead atoms.